The van der Waals surface area contributed by atoms with E-state index in [2.05, 4.69) is 10.3 Å². The zero-order valence-electron chi connectivity index (χ0n) is 14.7. The van der Waals surface area contributed by atoms with Gasteiger partial charge in [-0.3, -0.25) is 4.79 Å². The van der Waals surface area contributed by atoms with Gasteiger partial charge in [0.2, 0.25) is 5.91 Å². The van der Waals surface area contributed by atoms with Gasteiger partial charge in [0.1, 0.15) is 24.0 Å². The molecule has 0 unspecified atom stereocenters. The molecule has 1 saturated heterocycles. The van der Waals surface area contributed by atoms with Gasteiger partial charge in [-0.25, -0.2) is 9.48 Å². The summed E-state index contributed by atoms with van der Waals surface area (Å²) in [5.41, 5.74) is -0.0559. The molecule has 0 atom stereocenters. The molecule has 27 heavy (non-hydrogen) atoms. The Morgan fingerprint density at radius 3 is 2.93 bits per heavy atom. The molecule has 0 aliphatic carbocycles. The first-order chi connectivity index (χ1) is 13.0. The van der Waals surface area contributed by atoms with Crippen molar-refractivity contribution in [2.24, 2.45) is 0 Å². The van der Waals surface area contributed by atoms with Crippen LogP contribution in [0.15, 0.2) is 35.9 Å². The van der Waals surface area contributed by atoms with Gasteiger partial charge in [-0.2, -0.15) is 0 Å². The summed E-state index contributed by atoms with van der Waals surface area (Å²) < 4.78 is 12.4. The maximum atomic E-state index is 12.1. The Morgan fingerprint density at radius 1 is 1.41 bits per heavy atom. The standard InChI is InChI=1S/C16H21BN4O6/c22-15(10-21-7-6-18-19-21)20-8-12(9-20)27-14-4-2-1-3-5-17(25)26-11-13(14)16(23)24/h2,4,6-7,12,25H,1,3,5,8-11H2,(H,23,24)/b4-2-,14-13-. The highest BCUT2D eigenvalue weighted by Gasteiger charge is 2.33. The number of ether oxygens (including phenoxy) is 1. The quantitative estimate of drug-likeness (QED) is 0.670. The maximum Gasteiger partial charge on any atom is 0.454 e. The van der Waals surface area contributed by atoms with Gasteiger partial charge in [-0.1, -0.05) is 17.7 Å². The van der Waals surface area contributed by atoms with E-state index in [0.29, 0.717) is 25.8 Å². The number of hydrogen-bond donors (Lipinski definition) is 2. The fraction of sp³-hybridized carbons (Fsp3) is 0.500. The van der Waals surface area contributed by atoms with Crippen LogP contribution in [0.2, 0.25) is 6.32 Å². The van der Waals surface area contributed by atoms with Crippen LogP contribution in [0.4, 0.5) is 0 Å². The van der Waals surface area contributed by atoms with Gasteiger partial charge >= 0.3 is 13.1 Å². The van der Waals surface area contributed by atoms with E-state index in [-0.39, 0.29) is 36.5 Å². The lowest BCUT2D eigenvalue weighted by Gasteiger charge is -2.39. The highest BCUT2D eigenvalue weighted by molar-refractivity contribution is 6.42. The lowest BCUT2D eigenvalue weighted by atomic mass is 9.82. The Kier molecular flexibility index (Phi) is 6.25. The second-order valence-electron chi connectivity index (χ2n) is 6.39. The number of carboxylic acid groups (broad SMARTS) is 1. The molecule has 1 aromatic heterocycles. The second-order valence-corrected chi connectivity index (χ2v) is 6.39. The number of aliphatic carboxylic acids is 1. The molecule has 3 rings (SSSR count). The smallest absolute Gasteiger partial charge is 0.454 e. The summed E-state index contributed by atoms with van der Waals surface area (Å²) in [6, 6.07) is 0. The van der Waals surface area contributed by atoms with Crippen LogP contribution >= 0.6 is 0 Å². The molecule has 0 spiro atoms. The zero-order chi connectivity index (χ0) is 19.2. The minimum Gasteiger partial charge on any atom is -0.486 e. The van der Waals surface area contributed by atoms with Crippen molar-refractivity contribution >= 4 is 19.0 Å². The molecule has 0 bridgehead atoms. The van der Waals surface area contributed by atoms with Crippen molar-refractivity contribution < 1.29 is 29.1 Å². The van der Waals surface area contributed by atoms with Crippen molar-refractivity contribution in [1.82, 2.24) is 19.9 Å². The van der Waals surface area contributed by atoms with Gasteiger partial charge in [-0.05, 0) is 18.8 Å². The topological polar surface area (TPSA) is 127 Å². The van der Waals surface area contributed by atoms with Crippen molar-refractivity contribution in [1.29, 1.82) is 0 Å². The number of carbonyl (C=O) groups excluding carboxylic acids is 1. The molecule has 11 heteroatoms. The van der Waals surface area contributed by atoms with E-state index in [1.54, 1.807) is 17.2 Å². The van der Waals surface area contributed by atoms with Gasteiger partial charge in [0.15, 0.2) is 0 Å². The number of likely N-dealkylation sites (tertiary alicyclic amines) is 1. The molecule has 2 N–H and O–H groups in total. The summed E-state index contributed by atoms with van der Waals surface area (Å²) in [5.74, 6) is -1.08. The molecule has 1 fully saturated rings. The second kappa shape index (κ2) is 8.82. The Balaban J connectivity index is 1.60. The molecule has 3 heterocycles. The van der Waals surface area contributed by atoms with Gasteiger partial charge in [0, 0.05) is 6.20 Å². The highest BCUT2D eigenvalue weighted by atomic mass is 16.5. The van der Waals surface area contributed by atoms with Crippen molar-refractivity contribution in [3.8, 4) is 0 Å². The fourth-order valence-electron chi connectivity index (χ4n) is 2.76. The van der Waals surface area contributed by atoms with Crippen LogP contribution in [-0.2, 0) is 25.5 Å². The molecule has 1 amide bonds. The van der Waals surface area contributed by atoms with E-state index in [9.17, 15) is 19.7 Å². The third-order valence-corrected chi connectivity index (χ3v) is 4.33. The summed E-state index contributed by atoms with van der Waals surface area (Å²) in [5, 5.41) is 26.5. The van der Waals surface area contributed by atoms with Crippen molar-refractivity contribution in [2.45, 2.75) is 31.8 Å². The molecule has 2 aliphatic rings. The Morgan fingerprint density at radius 2 is 2.22 bits per heavy atom. The summed E-state index contributed by atoms with van der Waals surface area (Å²) in [7, 11) is -0.999. The number of nitrogens with zero attached hydrogens (tertiary/aromatic N) is 4. The predicted octanol–water partition coefficient (Wildman–Crippen LogP) is -0.309. The first kappa shape index (κ1) is 19.1. The van der Waals surface area contributed by atoms with Crippen LogP contribution in [0.25, 0.3) is 0 Å². The Labute approximate surface area is 156 Å². The zero-order valence-corrected chi connectivity index (χ0v) is 14.7. The number of carbonyl (C=O) groups is 2. The molecule has 0 radical (unpaired) electrons. The van der Waals surface area contributed by atoms with E-state index in [1.807, 2.05) is 6.08 Å². The largest absolute Gasteiger partial charge is 0.486 e. The number of aromatic nitrogens is 3. The molecule has 144 valence electrons. The predicted molar refractivity (Wildman–Crippen MR) is 93.2 cm³/mol. The lowest BCUT2D eigenvalue weighted by molar-refractivity contribution is -0.143. The van der Waals surface area contributed by atoms with E-state index < -0.39 is 13.1 Å². The molecule has 10 nitrogen and oxygen atoms in total. The van der Waals surface area contributed by atoms with E-state index >= 15 is 0 Å². The molecule has 0 saturated carbocycles. The summed E-state index contributed by atoms with van der Waals surface area (Å²) in [6.45, 7) is 0.571. The van der Waals surface area contributed by atoms with Crippen LogP contribution < -0.4 is 0 Å². The fourth-order valence-corrected chi connectivity index (χ4v) is 2.76. The van der Waals surface area contributed by atoms with Crippen molar-refractivity contribution in [3.63, 3.8) is 0 Å². The van der Waals surface area contributed by atoms with Crippen LogP contribution in [0, 0.1) is 0 Å². The minimum absolute atomic E-state index is 0.0559. The third kappa shape index (κ3) is 5.17. The summed E-state index contributed by atoms with van der Waals surface area (Å²) in [4.78, 5) is 25.3. The monoisotopic (exact) mass is 376 g/mol. The Bertz CT molecular complexity index is 729. The summed E-state index contributed by atoms with van der Waals surface area (Å²) >= 11 is 0. The number of allylic oxidation sites excluding steroid dienone is 2. The maximum absolute atomic E-state index is 12.1. The van der Waals surface area contributed by atoms with Crippen molar-refractivity contribution in [3.05, 3.63) is 35.9 Å². The van der Waals surface area contributed by atoms with Gasteiger partial charge in [0.05, 0.1) is 25.9 Å². The number of hydrogen-bond acceptors (Lipinski definition) is 7. The normalized spacial score (nSPS) is 22.9. The van der Waals surface area contributed by atoms with Crippen LogP contribution in [-0.4, -0.2) is 74.8 Å². The van der Waals surface area contributed by atoms with Crippen LogP contribution in [0.1, 0.15) is 12.8 Å². The van der Waals surface area contributed by atoms with E-state index in [0.717, 1.165) is 6.42 Å². The summed E-state index contributed by atoms with van der Waals surface area (Å²) in [6.07, 6.45) is 8.10. The lowest BCUT2D eigenvalue weighted by Crippen LogP contribution is -2.55. The average molecular weight is 376 g/mol. The van der Waals surface area contributed by atoms with Gasteiger partial charge in [0.25, 0.3) is 0 Å². The van der Waals surface area contributed by atoms with E-state index in [4.69, 9.17) is 9.39 Å². The van der Waals surface area contributed by atoms with E-state index in [1.165, 1.54) is 10.9 Å². The van der Waals surface area contributed by atoms with Crippen molar-refractivity contribution in [2.75, 3.05) is 19.7 Å². The molecule has 0 aromatic carbocycles. The van der Waals surface area contributed by atoms with Crippen LogP contribution in [0.5, 0.6) is 0 Å². The molecular formula is C16H21BN4O6. The number of amides is 1. The van der Waals surface area contributed by atoms with Gasteiger partial charge < -0.3 is 24.4 Å². The SMILES string of the molecule is O=C(O)/C1=C(OC2CN(C(=O)Cn3ccnn3)C2)/C=C\CCCB(O)OC1. The Hall–Kier alpha value is -2.66. The first-order valence-corrected chi connectivity index (χ1v) is 8.74. The molecule has 2 aliphatic heterocycles. The van der Waals surface area contributed by atoms with Crippen LogP contribution in [0.3, 0.4) is 0 Å². The molecular weight excluding hydrogens is 355 g/mol. The first-order valence-electron chi connectivity index (χ1n) is 8.74. The average Bonchev–Trinajstić information content (AvgIpc) is 3.09. The highest BCUT2D eigenvalue weighted by Crippen LogP contribution is 2.21. The third-order valence-electron chi connectivity index (χ3n) is 4.33. The minimum atomic E-state index is -1.17. The number of carboxylic acids is 1. The van der Waals surface area contributed by atoms with Gasteiger partial charge in [-0.15, -0.1) is 5.10 Å². The molecule has 1 aromatic rings. The number of rotatable bonds is 5.